The lowest BCUT2D eigenvalue weighted by Crippen LogP contribution is -1.49. The first-order valence-electron chi connectivity index (χ1n) is 5.34. The SMILES string of the molecule is BrBr.Brc1sc2c(Br)c(Br)sc2c1Br.c1cc2sccc2s1. The molecule has 0 aliphatic heterocycles. The van der Waals surface area contributed by atoms with E-state index in [0.717, 1.165) is 16.5 Å². The zero-order chi connectivity index (χ0) is 16.3. The van der Waals surface area contributed by atoms with Gasteiger partial charge < -0.3 is 0 Å². The van der Waals surface area contributed by atoms with E-state index in [1.54, 1.807) is 45.3 Å². The molecule has 4 aromatic heterocycles. The molecule has 0 fully saturated rings. The average Bonchev–Trinajstić information content (AvgIpc) is 3.24. The van der Waals surface area contributed by atoms with E-state index in [1.165, 1.54) is 18.8 Å². The van der Waals surface area contributed by atoms with E-state index in [4.69, 9.17) is 0 Å². The minimum Gasteiger partial charge on any atom is -0.143 e. The zero-order valence-corrected chi connectivity index (χ0v) is 23.0. The number of halogens is 6. The van der Waals surface area contributed by atoms with Crippen molar-refractivity contribution in [3.8, 4) is 0 Å². The molecule has 118 valence electrons. The van der Waals surface area contributed by atoms with Crippen LogP contribution in [0.1, 0.15) is 0 Å². The Morgan fingerprint density at radius 1 is 0.636 bits per heavy atom. The van der Waals surface area contributed by atoms with E-state index >= 15 is 0 Å². The molecule has 4 rings (SSSR count). The molecule has 4 aromatic rings. The van der Waals surface area contributed by atoms with E-state index in [-0.39, 0.29) is 0 Å². The molecule has 0 aliphatic rings. The van der Waals surface area contributed by atoms with Crippen LogP contribution in [0.4, 0.5) is 0 Å². The van der Waals surface area contributed by atoms with Gasteiger partial charge in [-0.15, -0.1) is 45.3 Å². The van der Waals surface area contributed by atoms with E-state index < -0.39 is 0 Å². The third-order valence-electron chi connectivity index (χ3n) is 2.41. The standard InChI is InChI=1S/C6Br4S2.C6H4S2.Br2/c7-1-3-4(12-5(1)9)2(8)6(10)11-3;1-3-7-6-2-4-8-5(1)6;1-2/h;1-4H;. The van der Waals surface area contributed by atoms with Crippen molar-refractivity contribution < 1.29 is 0 Å². The summed E-state index contributed by atoms with van der Waals surface area (Å²) < 4.78 is 9.99. The van der Waals surface area contributed by atoms with Crippen LogP contribution in [0.5, 0.6) is 0 Å². The van der Waals surface area contributed by atoms with Crippen molar-refractivity contribution >= 4 is 156 Å². The summed E-state index contributed by atoms with van der Waals surface area (Å²) >= 11 is 26.6. The Bertz CT molecular complexity index is 778. The lowest BCUT2D eigenvalue weighted by atomic mass is 10.5. The number of hydrogen-bond acceptors (Lipinski definition) is 4. The first kappa shape index (κ1) is 20.5. The smallest absolute Gasteiger partial charge is 0.0862 e. The Kier molecular flexibility index (Phi) is 9.11. The van der Waals surface area contributed by atoms with Crippen molar-refractivity contribution in [2.45, 2.75) is 0 Å². The molecule has 0 unspecified atom stereocenters. The van der Waals surface area contributed by atoms with Crippen molar-refractivity contribution in [3.63, 3.8) is 0 Å². The van der Waals surface area contributed by atoms with Crippen molar-refractivity contribution in [2.75, 3.05) is 0 Å². The van der Waals surface area contributed by atoms with Gasteiger partial charge in [0.1, 0.15) is 0 Å². The van der Waals surface area contributed by atoms with Crippen LogP contribution in [0, 0.1) is 0 Å². The minimum atomic E-state index is 1.15. The third-order valence-corrected chi connectivity index (χ3v) is 11.9. The van der Waals surface area contributed by atoms with Crippen LogP contribution in [-0.2, 0) is 0 Å². The fraction of sp³-hybridized carbons (Fsp3) is 0. The predicted molar refractivity (Wildman–Crippen MR) is 128 cm³/mol. The van der Waals surface area contributed by atoms with Gasteiger partial charge in [-0.1, -0.05) is 0 Å². The van der Waals surface area contributed by atoms with E-state index in [0.29, 0.717) is 0 Å². The summed E-state index contributed by atoms with van der Waals surface area (Å²) in [6, 6.07) is 4.31. The molecule has 0 spiro atoms. The van der Waals surface area contributed by atoms with Crippen LogP contribution in [0.25, 0.3) is 18.8 Å². The van der Waals surface area contributed by atoms with Gasteiger partial charge in [-0.3, -0.25) is 0 Å². The van der Waals surface area contributed by atoms with Crippen LogP contribution >= 0.6 is 137 Å². The van der Waals surface area contributed by atoms with Crippen LogP contribution in [0.2, 0.25) is 0 Å². The highest BCUT2D eigenvalue weighted by Crippen LogP contribution is 2.49. The summed E-state index contributed by atoms with van der Waals surface area (Å²) in [5.41, 5.74) is 0. The maximum Gasteiger partial charge on any atom is 0.0862 e. The highest BCUT2D eigenvalue weighted by molar-refractivity contribution is 9.93. The highest BCUT2D eigenvalue weighted by Gasteiger charge is 2.15. The molecule has 0 atom stereocenters. The Morgan fingerprint density at radius 2 is 1.00 bits per heavy atom. The topological polar surface area (TPSA) is 0 Å². The van der Waals surface area contributed by atoms with Crippen LogP contribution in [0.15, 0.2) is 39.4 Å². The molecule has 0 radical (unpaired) electrons. The molecule has 0 saturated carbocycles. The van der Waals surface area contributed by atoms with Gasteiger partial charge in [0.05, 0.1) is 25.9 Å². The fourth-order valence-electron chi connectivity index (χ4n) is 1.53. The van der Waals surface area contributed by atoms with Crippen molar-refractivity contribution in [2.24, 2.45) is 0 Å². The molecular formula is C12H4Br6S4. The molecule has 10 heteroatoms. The lowest BCUT2D eigenvalue weighted by molar-refractivity contribution is 1.97. The van der Waals surface area contributed by atoms with Gasteiger partial charge in [0.15, 0.2) is 0 Å². The first-order chi connectivity index (χ1) is 10.6. The summed E-state index contributed by atoms with van der Waals surface area (Å²) in [4.78, 5) is 0. The molecule has 0 N–H and O–H groups in total. The van der Waals surface area contributed by atoms with Gasteiger partial charge in [0, 0.05) is 37.7 Å². The van der Waals surface area contributed by atoms with Crippen LogP contribution < -0.4 is 0 Å². The molecule has 0 aliphatic carbocycles. The second-order valence-electron chi connectivity index (χ2n) is 3.61. The predicted octanol–water partition coefficient (Wildman–Crippen LogP) is 10.7. The van der Waals surface area contributed by atoms with Crippen molar-refractivity contribution in [1.29, 1.82) is 0 Å². The normalized spacial score (nSPS) is 10.3. The Hall–Kier alpha value is 2.20. The maximum absolute atomic E-state index is 3.53. The van der Waals surface area contributed by atoms with Gasteiger partial charge in [0.2, 0.25) is 0 Å². The molecule has 0 bridgehead atoms. The largest absolute Gasteiger partial charge is 0.143 e. The van der Waals surface area contributed by atoms with Gasteiger partial charge in [0.25, 0.3) is 0 Å². The van der Waals surface area contributed by atoms with Crippen LogP contribution in [-0.4, -0.2) is 0 Å². The number of fused-ring (bicyclic) bond motifs is 2. The van der Waals surface area contributed by atoms with Crippen molar-refractivity contribution in [3.05, 3.63) is 39.4 Å². The summed E-state index contributed by atoms with van der Waals surface area (Å²) in [6.07, 6.45) is 0. The summed E-state index contributed by atoms with van der Waals surface area (Å²) in [7, 11) is 0. The molecule has 0 saturated heterocycles. The average molecular weight is 756 g/mol. The van der Waals surface area contributed by atoms with E-state index in [9.17, 15) is 0 Å². The number of rotatable bonds is 0. The molecule has 22 heavy (non-hydrogen) atoms. The van der Waals surface area contributed by atoms with Crippen molar-refractivity contribution in [1.82, 2.24) is 0 Å². The van der Waals surface area contributed by atoms with Gasteiger partial charge in [-0.25, -0.2) is 0 Å². The third kappa shape index (κ3) is 4.67. The second-order valence-corrected chi connectivity index (χ2v) is 11.8. The molecule has 4 heterocycles. The Labute approximate surface area is 192 Å². The molecule has 0 amide bonds. The highest BCUT2D eigenvalue weighted by atomic mass is 80.9. The Balaban J connectivity index is 0.000000153. The number of hydrogen-bond donors (Lipinski definition) is 0. The molecular weight excluding hydrogens is 752 g/mol. The minimum absolute atomic E-state index is 1.15. The summed E-state index contributed by atoms with van der Waals surface area (Å²) in [6.45, 7) is 0. The molecule has 0 aromatic carbocycles. The summed E-state index contributed by atoms with van der Waals surface area (Å²) in [5.74, 6) is 0. The fourth-order valence-corrected chi connectivity index (χ4v) is 8.50. The van der Waals surface area contributed by atoms with Crippen LogP contribution in [0.3, 0.4) is 0 Å². The van der Waals surface area contributed by atoms with Gasteiger partial charge in [-0.2, -0.15) is 0 Å². The molecule has 0 nitrogen and oxygen atoms in total. The van der Waals surface area contributed by atoms with E-state index in [1.807, 2.05) is 0 Å². The quantitative estimate of drug-likeness (QED) is 0.168. The maximum atomic E-state index is 3.53. The van der Waals surface area contributed by atoms with Gasteiger partial charge >= 0.3 is 0 Å². The number of thiophene rings is 4. The summed E-state index contributed by atoms with van der Waals surface area (Å²) in [5, 5.41) is 4.25. The zero-order valence-electron chi connectivity index (χ0n) is 10.2. The van der Waals surface area contributed by atoms with E-state index in [2.05, 4.69) is 115 Å². The Morgan fingerprint density at radius 3 is 1.36 bits per heavy atom. The lowest BCUT2D eigenvalue weighted by Gasteiger charge is -1.82. The monoisotopic (exact) mass is 749 g/mol. The second kappa shape index (κ2) is 9.78. The van der Waals surface area contributed by atoms with Gasteiger partial charge in [-0.05, 0) is 86.6 Å². The first-order valence-corrected chi connectivity index (χ1v) is 15.6.